The molecule has 0 fully saturated rings. The number of carbonyl (C=O) groups is 1. The molecule has 0 atom stereocenters. The number of nitrogens with zero attached hydrogens (tertiary/aromatic N) is 4. The minimum absolute atomic E-state index is 0.0722. The molecule has 2 heterocycles. The van der Waals surface area contributed by atoms with Crippen LogP contribution in [0.2, 0.25) is 0 Å². The zero-order valence-electron chi connectivity index (χ0n) is 14.6. The smallest absolute Gasteiger partial charge is 0.351 e. The first kappa shape index (κ1) is 19.9. The van der Waals surface area contributed by atoms with Crippen LogP contribution in [0.5, 0.6) is 0 Å². The van der Waals surface area contributed by atoms with Crippen LogP contribution in [0.1, 0.15) is 16.7 Å². The van der Waals surface area contributed by atoms with Crippen LogP contribution in [0.3, 0.4) is 0 Å². The van der Waals surface area contributed by atoms with Crippen molar-refractivity contribution in [1.29, 1.82) is 0 Å². The van der Waals surface area contributed by atoms with E-state index in [0.717, 1.165) is 35.2 Å². The van der Waals surface area contributed by atoms with Gasteiger partial charge in [-0.05, 0) is 23.3 Å². The van der Waals surface area contributed by atoms with Crippen molar-refractivity contribution in [2.45, 2.75) is 24.3 Å². The molecule has 0 radical (unpaired) electrons. The second kappa shape index (κ2) is 8.87. The summed E-state index contributed by atoms with van der Waals surface area (Å²) in [7, 11) is 0. The lowest BCUT2D eigenvalue weighted by molar-refractivity contribution is -0.137. The number of thioether (sulfide) groups is 1. The number of benzene rings is 1. The van der Waals surface area contributed by atoms with Crippen LogP contribution in [0.4, 0.5) is 13.2 Å². The fourth-order valence-corrected chi connectivity index (χ4v) is 2.96. The van der Waals surface area contributed by atoms with E-state index in [4.69, 9.17) is 0 Å². The Labute approximate surface area is 163 Å². The molecule has 0 spiro atoms. The van der Waals surface area contributed by atoms with Gasteiger partial charge in [-0.1, -0.05) is 36.0 Å². The highest BCUT2D eigenvalue weighted by Gasteiger charge is 2.30. The first-order valence-corrected chi connectivity index (χ1v) is 9.22. The van der Waals surface area contributed by atoms with Crippen LogP contribution in [0, 0.1) is 0 Å². The van der Waals surface area contributed by atoms with E-state index >= 15 is 0 Å². The van der Waals surface area contributed by atoms with E-state index < -0.39 is 11.7 Å². The van der Waals surface area contributed by atoms with Crippen molar-refractivity contribution in [3.05, 3.63) is 71.9 Å². The monoisotopic (exact) mass is 407 g/mol. The summed E-state index contributed by atoms with van der Waals surface area (Å²) in [6.45, 7) is 0.979. The van der Waals surface area contributed by atoms with Crippen molar-refractivity contribution in [3.63, 3.8) is 0 Å². The van der Waals surface area contributed by atoms with E-state index in [1.807, 2.05) is 24.3 Å². The summed E-state index contributed by atoms with van der Waals surface area (Å²) in [4.78, 5) is 19.6. The van der Waals surface area contributed by atoms with Gasteiger partial charge in [-0.15, -0.1) is 0 Å². The number of hydrogen-bond donors (Lipinski definition) is 1. The van der Waals surface area contributed by atoms with Gasteiger partial charge in [-0.25, -0.2) is 14.6 Å². The molecule has 3 aromatic rings. The third kappa shape index (κ3) is 5.81. The maximum Gasteiger partial charge on any atom is 0.417 e. The van der Waals surface area contributed by atoms with E-state index in [0.29, 0.717) is 18.1 Å². The van der Waals surface area contributed by atoms with Gasteiger partial charge in [0.25, 0.3) is 0 Å². The highest BCUT2D eigenvalue weighted by Crippen LogP contribution is 2.29. The number of aromatic nitrogens is 4. The van der Waals surface area contributed by atoms with Crippen molar-refractivity contribution >= 4 is 17.7 Å². The zero-order chi connectivity index (χ0) is 20.0. The Bertz CT molecular complexity index is 896. The van der Waals surface area contributed by atoms with E-state index in [1.54, 1.807) is 11.0 Å². The zero-order valence-corrected chi connectivity index (χ0v) is 15.4. The predicted molar refractivity (Wildman–Crippen MR) is 97.4 cm³/mol. The quantitative estimate of drug-likeness (QED) is 0.609. The van der Waals surface area contributed by atoms with Crippen LogP contribution in [0.25, 0.3) is 0 Å². The van der Waals surface area contributed by atoms with Gasteiger partial charge >= 0.3 is 6.18 Å². The summed E-state index contributed by atoms with van der Waals surface area (Å²) in [5.41, 5.74) is 1.19. The summed E-state index contributed by atoms with van der Waals surface area (Å²) in [6.07, 6.45) is -0.543. The molecule has 0 aliphatic rings. The first-order valence-electron chi connectivity index (χ1n) is 8.23. The van der Waals surface area contributed by atoms with Gasteiger partial charge < -0.3 is 5.32 Å². The van der Waals surface area contributed by atoms with Crippen molar-refractivity contribution in [1.82, 2.24) is 25.1 Å². The maximum atomic E-state index is 12.5. The van der Waals surface area contributed by atoms with E-state index in [-0.39, 0.29) is 11.7 Å². The molecule has 0 unspecified atom stereocenters. The van der Waals surface area contributed by atoms with Gasteiger partial charge in [-0.2, -0.15) is 18.3 Å². The third-order valence-corrected chi connectivity index (χ3v) is 4.68. The highest BCUT2D eigenvalue weighted by molar-refractivity contribution is 7.99. The second-order valence-electron chi connectivity index (χ2n) is 5.86. The van der Waals surface area contributed by atoms with Crippen LogP contribution < -0.4 is 5.32 Å². The first-order chi connectivity index (χ1) is 13.4. The van der Waals surface area contributed by atoms with Crippen molar-refractivity contribution in [2.24, 2.45) is 0 Å². The molecule has 0 aliphatic heterocycles. The van der Waals surface area contributed by atoms with Crippen LogP contribution in [0.15, 0.2) is 60.3 Å². The molecular formula is C18H16F3N5OS. The molecule has 3 rings (SSSR count). The summed E-state index contributed by atoms with van der Waals surface area (Å²) in [5.74, 6) is -0.152. The molecule has 10 heteroatoms. The molecule has 28 heavy (non-hydrogen) atoms. The van der Waals surface area contributed by atoms with Gasteiger partial charge in [0.15, 0.2) is 0 Å². The molecule has 1 amide bonds. The lowest BCUT2D eigenvalue weighted by Gasteiger charge is -2.08. The molecule has 0 aliphatic carbocycles. The normalized spacial score (nSPS) is 11.4. The average Bonchev–Trinajstić information content (AvgIpc) is 3.18. The summed E-state index contributed by atoms with van der Waals surface area (Å²) >= 11 is 1.08. The maximum absolute atomic E-state index is 12.5. The number of rotatable bonds is 7. The Morgan fingerprint density at radius 2 is 1.86 bits per heavy atom. The number of carbonyl (C=O) groups excluding carboxylic acids is 1. The summed E-state index contributed by atoms with van der Waals surface area (Å²) in [5, 5.41) is 7.18. The standard InChI is InChI=1S/C18H16F3N5OS/c19-18(20,21)15-5-6-17(24-8-15)28-10-16(27)23-7-13-1-3-14(4-2-13)9-26-12-22-11-25-26/h1-6,8,11-12H,7,9-10H2,(H,23,27). The molecule has 1 N–H and O–H groups in total. The molecule has 0 saturated carbocycles. The van der Waals surface area contributed by atoms with E-state index in [1.165, 1.54) is 12.4 Å². The Kier molecular flexibility index (Phi) is 6.30. The number of amides is 1. The second-order valence-corrected chi connectivity index (χ2v) is 6.85. The summed E-state index contributed by atoms with van der Waals surface area (Å²) in [6, 6.07) is 9.94. The van der Waals surface area contributed by atoms with Gasteiger partial charge in [0.2, 0.25) is 5.91 Å². The van der Waals surface area contributed by atoms with Crippen LogP contribution >= 0.6 is 11.8 Å². The van der Waals surface area contributed by atoms with Crippen molar-refractivity contribution < 1.29 is 18.0 Å². The molecule has 146 valence electrons. The number of hydrogen-bond acceptors (Lipinski definition) is 5. The van der Waals surface area contributed by atoms with Crippen molar-refractivity contribution in [3.8, 4) is 0 Å². The van der Waals surface area contributed by atoms with Gasteiger partial charge in [0, 0.05) is 12.7 Å². The van der Waals surface area contributed by atoms with Gasteiger partial charge in [0.05, 0.1) is 22.9 Å². The lowest BCUT2D eigenvalue weighted by atomic mass is 10.1. The van der Waals surface area contributed by atoms with Crippen LogP contribution in [-0.4, -0.2) is 31.4 Å². The number of halogens is 3. The van der Waals surface area contributed by atoms with Gasteiger partial charge in [-0.3, -0.25) is 4.79 Å². The summed E-state index contributed by atoms with van der Waals surface area (Å²) < 4.78 is 39.2. The van der Waals surface area contributed by atoms with Gasteiger partial charge in [0.1, 0.15) is 12.7 Å². The van der Waals surface area contributed by atoms with Crippen LogP contribution in [-0.2, 0) is 24.1 Å². The number of nitrogens with one attached hydrogen (secondary N) is 1. The molecule has 0 bridgehead atoms. The van der Waals surface area contributed by atoms with Crippen molar-refractivity contribution in [2.75, 3.05) is 5.75 Å². The number of alkyl halides is 3. The molecular weight excluding hydrogens is 391 g/mol. The Morgan fingerprint density at radius 3 is 2.46 bits per heavy atom. The minimum atomic E-state index is -4.42. The predicted octanol–water partition coefficient (Wildman–Crippen LogP) is 3.15. The molecule has 6 nitrogen and oxygen atoms in total. The number of pyridine rings is 1. The minimum Gasteiger partial charge on any atom is -0.351 e. The topological polar surface area (TPSA) is 72.7 Å². The Balaban J connectivity index is 1.42. The fourth-order valence-electron chi connectivity index (χ4n) is 2.29. The largest absolute Gasteiger partial charge is 0.417 e. The molecule has 1 aromatic carbocycles. The molecule has 0 saturated heterocycles. The average molecular weight is 407 g/mol. The Hall–Kier alpha value is -2.88. The molecule has 2 aromatic heterocycles. The third-order valence-electron chi connectivity index (χ3n) is 3.74. The van der Waals surface area contributed by atoms with E-state index in [9.17, 15) is 18.0 Å². The lowest BCUT2D eigenvalue weighted by Crippen LogP contribution is -2.24. The SMILES string of the molecule is O=C(CSc1ccc(C(F)(F)F)cn1)NCc1ccc(Cn2cncn2)cc1. The Morgan fingerprint density at radius 1 is 1.11 bits per heavy atom. The highest BCUT2D eigenvalue weighted by atomic mass is 32.2. The fraction of sp³-hybridized carbons (Fsp3) is 0.222. The van der Waals surface area contributed by atoms with E-state index in [2.05, 4.69) is 20.4 Å².